The van der Waals surface area contributed by atoms with Crippen molar-refractivity contribution in [3.05, 3.63) is 29.3 Å². The lowest BCUT2D eigenvalue weighted by atomic mass is 9.81. The number of aromatic hydroxyl groups is 1. The third kappa shape index (κ3) is 2.99. The maximum atomic E-state index is 9.72. The highest BCUT2D eigenvalue weighted by Gasteiger charge is 2.18. The Morgan fingerprint density at radius 2 is 1.94 bits per heavy atom. The lowest BCUT2D eigenvalue weighted by molar-refractivity contribution is 0.288. The summed E-state index contributed by atoms with van der Waals surface area (Å²) in [6.07, 6.45) is 2.50. The largest absolute Gasteiger partial charge is 0.508 e. The van der Waals surface area contributed by atoms with Crippen molar-refractivity contribution in [1.29, 1.82) is 0 Å². The Kier molecular flexibility index (Phi) is 4.36. The molecule has 0 amide bonds. The minimum atomic E-state index is 0.141. The molecule has 90 valence electrons. The molecule has 0 atom stereocenters. The highest BCUT2D eigenvalue weighted by molar-refractivity contribution is 5.39. The van der Waals surface area contributed by atoms with Crippen LogP contribution in [0.2, 0.25) is 0 Å². The molecule has 0 aliphatic rings. The smallest absolute Gasteiger partial charge is 0.118 e. The Morgan fingerprint density at radius 1 is 1.25 bits per heavy atom. The molecular weight excluding hydrogens is 200 g/mol. The van der Waals surface area contributed by atoms with Crippen molar-refractivity contribution in [3.63, 3.8) is 0 Å². The summed E-state index contributed by atoms with van der Waals surface area (Å²) in [4.78, 5) is 0. The lowest BCUT2D eigenvalue weighted by Gasteiger charge is -2.24. The van der Waals surface area contributed by atoms with Gasteiger partial charge < -0.3 is 10.2 Å². The van der Waals surface area contributed by atoms with Crippen LogP contribution >= 0.6 is 0 Å². The predicted octanol–water partition coefficient (Wildman–Crippen LogP) is 3.00. The Balaban J connectivity index is 2.97. The number of benzene rings is 1. The van der Waals surface area contributed by atoms with Crippen molar-refractivity contribution in [1.82, 2.24) is 0 Å². The lowest BCUT2D eigenvalue weighted by Crippen LogP contribution is -2.15. The van der Waals surface area contributed by atoms with Crippen LogP contribution in [0.1, 0.15) is 44.7 Å². The molecule has 1 aromatic rings. The number of rotatable bonds is 5. The maximum Gasteiger partial charge on any atom is 0.118 e. The van der Waals surface area contributed by atoms with Gasteiger partial charge in [0, 0.05) is 6.61 Å². The van der Waals surface area contributed by atoms with Gasteiger partial charge in [-0.2, -0.15) is 0 Å². The summed E-state index contributed by atoms with van der Waals surface area (Å²) in [5.74, 6) is 0.337. The molecule has 0 unspecified atom stereocenters. The molecule has 0 aliphatic heterocycles. The van der Waals surface area contributed by atoms with Crippen molar-refractivity contribution in [2.24, 2.45) is 0 Å². The second kappa shape index (κ2) is 5.35. The Morgan fingerprint density at radius 3 is 2.50 bits per heavy atom. The van der Waals surface area contributed by atoms with Gasteiger partial charge in [-0.3, -0.25) is 0 Å². The van der Waals surface area contributed by atoms with E-state index < -0.39 is 0 Å². The molecular formula is C14H22O2. The van der Waals surface area contributed by atoms with Crippen molar-refractivity contribution in [2.75, 3.05) is 6.61 Å². The van der Waals surface area contributed by atoms with Crippen molar-refractivity contribution >= 4 is 0 Å². The van der Waals surface area contributed by atoms with Gasteiger partial charge in [0.15, 0.2) is 0 Å². The molecule has 0 radical (unpaired) electrons. The number of aryl methyl sites for hydroxylation is 1. The van der Waals surface area contributed by atoms with Crippen LogP contribution < -0.4 is 0 Å². The quantitative estimate of drug-likeness (QED) is 0.804. The second-order valence-electron chi connectivity index (χ2n) is 4.91. The van der Waals surface area contributed by atoms with E-state index in [1.807, 2.05) is 6.07 Å². The highest BCUT2D eigenvalue weighted by Crippen LogP contribution is 2.30. The Labute approximate surface area is 97.9 Å². The zero-order valence-corrected chi connectivity index (χ0v) is 10.5. The van der Waals surface area contributed by atoms with Gasteiger partial charge in [0.25, 0.3) is 0 Å². The van der Waals surface area contributed by atoms with E-state index in [1.54, 1.807) is 6.07 Å². The molecule has 2 N–H and O–H groups in total. The molecule has 2 heteroatoms. The van der Waals surface area contributed by atoms with Crippen molar-refractivity contribution in [3.8, 4) is 5.75 Å². The molecule has 16 heavy (non-hydrogen) atoms. The van der Waals surface area contributed by atoms with Gasteiger partial charge in [-0.1, -0.05) is 32.9 Å². The van der Waals surface area contributed by atoms with E-state index in [4.69, 9.17) is 5.11 Å². The average Bonchev–Trinajstić information content (AvgIpc) is 2.27. The van der Waals surface area contributed by atoms with E-state index >= 15 is 0 Å². The topological polar surface area (TPSA) is 40.5 Å². The normalized spacial score (nSPS) is 11.8. The van der Waals surface area contributed by atoms with Gasteiger partial charge in [-0.25, -0.2) is 0 Å². The third-order valence-electron chi connectivity index (χ3n) is 3.35. The molecule has 0 saturated heterocycles. The van der Waals surface area contributed by atoms with Crippen LogP contribution in [0.5, 0.6) is 5.75 Å². The van der Waals surface area contributed by atoms with Crippen LogP contribution in [0.4, 0.5) is 0 Å². The first-order chi connectivity index (χ1) is 7.51. The number of aliphatic hydroxyl groups is 1. The number of hydrogen-bond donors (Lipinski definition) is 2. The molecule has 0 saturated carbocycles. The fourth-order valence-electron chi connectivity index (χ4n) is 1.68. The Bertz CT molecular complexity index is 343. The fraction of sp³-hybridized carbons (Fsp3) is 0.571. The first-order valence-corrected chi connectivity index (χ1v) is 5.94. The number of hydrogen-bond acceptors (Lipinski definition) is 2. The molecule has 0 bridgehead atoms. The summed E-state index contributed by atoms with van der Waals surface area (Å²) in [6.45, 7) is 6.74. The van der Waals surface area contributed by atoms with Crippen LogP contribution in [0, 0.1) is 0 Å². The van der Waals surface area contributed by atoms with Crippen LogP contribution in [0.3, 0.4) is 0 Å². The molecule has 1 aromatic carbocycles. The fourth-order valence-corrected chi connectivity index (χ4v) is 1.68. The second-order valence-corrected chi connectivity index (χ2v) is 4.91. The predicted molar refractivity (Wildman–Crippen MR) is 66.8 cm³/mol. The minimum absolute atomic E-state index is 0.141. The third-order valence-corrected chi connectivity index (χ3v) is 3.35. The van der Waals surface area contributed by atoms with E-state index in [0.717, 1.165) is 18.4 Å². The zero-order chi connectivity index (χ0) is 12.2. The van der Waals surface area contributed by atoms with Gasteiger partial charge in [-0.05, 0) is 41.9 Å². The summed E-state index contributed by atoms with van der Waals surface area (Å²) in [5.41, 5.74) is 2.33. The maximum absolute atomic E-state index is 9.72. The van der Waals surface area contributed by atoms with Crippen LogP contribution in [-0.4, -0.2) is 16.8 Å². The van der Waals surface area contributed by atoms with E-state index in [9.17, 15) is 5.11 Å². The summed E-state index contributed by atoms with van der Waals surface area (Å²) in [6, 6.07) is 5.81. The van der Waals surface area contributed by atoms with E-state index in [1.165, 1.54) is 5.56 Å². The summed E-state index contributed by atoms with van der Waals surface area (Å²) >= 11 is 0. The zero-order valence-electron chi connectivity index (χ0n) is 10.5. The monoisotopic (exact) mass is 222 g/mol. The van der Waals surface area contributed by atoms with Gasteiger partial charge in [0.05, 0.1) is 0 Å². The van der Waals surface area contributed by atoms with Gasteiger partial charge in [-0.15, -0.1) is 0 Å². The van der Waals surface area contributed by atoms with Gasteiger partial charge >= 0.3 is 0 Å². The van der Waals surface area contributed by atoms with Crippen molar-refractivity contribution in [2.45, 2.75) is 45.4 Å². The molecule has 0 aliphatic carbocycles. The van der Waals surface area contributed by atoms with Crippen LogP contribution in [0.25, 0.3) is 0 Å². The number of aliphatic hydroxyl groups excluding tert-OH is 1. The van der Waals surface area contributed by atoms with Gasteiger partial charge in [0.1, 0.15) is 5.75 Å². The van der Waals surface area contributed by atoms with E-state index in [2.05, 4.69) is 26.8 Å². The van der Waals surface area contributed by atoms with E-state index in [-0.39, 0.29) is 12.0 Å². The summed E-state index contributed by atoms with van der Waals surface area (Å²) in [5, 5.41) is 18.5. The molecule has 1 rings (SSSR count). The van der Waals surface area contributed by atoms with Gasteiger partial charge in [0.2, 0.25) is 0 Å². The minimum Gasteiger partial charge on any atom is -0.508 e. The molecule has 0 aromatic heterocycles. The number of phenols is 1. The van der Waals surface area contributed by atoms with E-state index in [0.29, 0.717) is 12.2 Å². The Hall–Kier alpha value is -1.02. The first kappa shape index (κ1) is 13.0. The SMILES string of the molecule is CCC(C)(C)c1ccc(O)c(CCCO)c1. The molecule has 0 heterocycles. The standard InChI is InChI=1S/C14H22O2/c1-4-14(2,3)12-7-8-13(16)11(10-12)6-5-9-15/h7-8,10,15-16H,4-6,9H2,1-3H3. The van der Waals surface area contributed by atoms with Crippen LogP contribution in [0.15, 0.2) is 18.2 Å². The molecule has 0 spiro atoms. The first-order valence-electron chi connectivity index (χ1n) is 5.94. The molecule has 2 nitrogen and oxygen atoms in total. The number of phenolic OH excluding ortho intramolecular Hbond substituents is 1. The summed E-state index contributed by atoms with van der Waals surface area (Å²) < 4.78 is 0. The average molecular weight is 222 g/mol. The summed E-state index contributed by atoms with van der Waals surface area (Å²) in [7, 11) is 0. The van der Waals surface area contributed by atoms with Crippen molar-refractivity contribution < 1.29 is 10.2 Å². The van der Waals surface area contributed by atoms with Crippen LogP contribution in [-0.2, 0) is 11.8 Å². The highest BCUT2D eigenvalue weighted by atomic mass is 16.3. The molecule has 0 fully saturated rings.